The molecule has 18 heavy (non-hydrogen) atoms. The molecule has 1 aliphatic carbocycles. The Hall–Kier alpha value is -1.64. The molecular weight excluding hydrogens is 246 g/mol. The monoisotopic (exact) mass is 257 g/mol. The Labute approximate surface area is 110 Å². The van der Waals surface area contributed by atoms with Crippen molar-refractivity contribution in [1.29, 1.82) is 0 Å². The van der Waals surface area contributed by atoms with Gasteiger partial charge >= 0.3 is 0 Å². The number of benzene rings is 2. The molecule has 0 radical (unpaired) electrons. The molecule has 1 aliphatic rings. The van der Waals surface area contributed by atoms with E-state index >= 15 is 0 Å². The number of carbonyl (C=O) groups is 1. The number of nitrogens with two attached hydrogens (primary N) is 1. The lowest BCUT2D eigenvalue weighted by molar-refractivity contribution is -0.119. The number of rotatable bonds is 0. The second kappa shape index (κ2) is 4.23. The van der Waals surface area contributed by atoms with E-state index in [1.54, 1.807) is 0 Å². The fourth-order valence-electron chi connectivity index (χ4n) is 2.46. The number of hydrogen-bond acceptors (Lipinski definition) is 2. The first-order chi connectivity index (χ1) is 8.68. The van der Waals surface area contributed by atoms with Gasteiger partial charge in [-0.2, -0.15) is 0 Å². The van der Waals surface area contributed by atoms with Gasteiger partial charge in [0.15, 0.2) is 5.78 Å². The van der Waals surface area contributed by atoms with E-state index < -0.39 is 6.04 Å². The van der Waals surface area contributed by atoms with Gasteiger partial charge in [-0.3, -0.25) is 4.79 Å². The first-order valence-electron chi connectivity index (χ1n) is 5.83. The lowest BCUT2D eigenvalue weighted by atomic mass is 9.96. The van der Waals surface area contributed by atoms with Crippen LogP contribution in [0.1, 0.15) is 17.2 Å². The van der Waals surface area contributed by atoms with Gasteiger partial charge in [0, 0.05) is 11.4 Å². The highest BCUT2D eigenvalue weighted by molar-refractivity contribution is 6.32. The highest BCUT2D eigenvalue weighted by atomic mass is 35.5. The quantitative estimate of drug-likeness (QED) is 0.788. The van der Waals surface area contributed by atoms with Crippen molar-refractivity contribution in [2.75, 3.05) is 0 Å². The molecule has 3 heteroatoms. The highest BCUT2D eigenvalue weighted by Crippen LogP contribution is 2.37. The van der Waals surface area contributed by atoms with E-state index in [1.807, 2.05) is 42.5 Å². The van der Waals surface area contributed by atoms with Crippen LogP contribution < -0.4 is 5.73 Å². The van der Waals surface area contributed by atoms with Crippen molar-refractivity contribution in [1.82, 2.24) is 0 Å². The molecule has 0 bridgehead atoms. The molecule has 0 saturated heterocycles. The van der Waals surface area contributed by atoms with Crippen molar-refractivity contribution < 1.29 is 4.79 Å². The standard InChI is InChI=1S/C15H12ClNO/c16-13-7-3-6-10-9-4-1-2-5-11(9)15(17)14(18)8-12(10)13/h1-7,15H,8,17H2. The van der Waals surface area contributed by atoms with Crippen LogP contribution in [0.2, 0.25) is 5.02 Å². The van der Waals surface area contributed by atoms with Crippen LogP contribution in [0.4, 0.5) is 0 Å². The number of Topliss-reactive ketones (excluding diaryl/α,β-unsaturated/α-hetero) is 1. The molecule has 1 unspecified atom stereocenters. The normalized spacial score (nSPS) is 17.9. The summed E-state index contributed by atoms with van der Waals surface area (Å²) in [5.74, 6) is 0.00861. The molecule has 2 aromatic carbocycles. The first kappa shape index (κ1) is 11.5. The van der Waals surface area contributed by atoms with Crippen LogP contribution in [0, 0.1) is 0 Å². The minimum atomic E-state index is -0.565. The van der Waals surface area contributed by atoms with E-state index in [0.717, 1.165) is 22.3 Å². The van der Waals surface area contributed by atoms with Gasteiger partial charge in [-0.15, -0.1) is 0 Å². The Morgan fingerprint density at radius 3 is 2.61 bits per heavy atom. The number of carbonyl (C=O) groups excluding carboxylic acids is 1. The molecule has 0 amide bonds. The van der Waals surface area contributed by atoms with Crippen molar-refractivity contribution in [3.05, 3.63) is 58.6 Å². The van der Waals surface area contributed by atoms with Crippen LogP contribution in [0.15, 0.2) is 42.5 Å². The summed E-state index contributed by atoms with van der Waals surface area (Å²) < 4.78 is 0. The van der Waals surface area contributed by atoms with Crippen molar-refractivity contribution in [2.24, 2.45) is 5.73 Å². The Balaban J connectivity index is 2.36. The SMILES string of the molecule is NC1C(=O)Cc2c(Cl)cccc2-c2ccccc21. The first-order valence-corrected chi connectivity index (χ1v) is 6.21. The fraction of sp³-hybridized carbons (Fsp3) is 0.133. The Bertz CT molecular complexity index is 636. The van der Waals surface area contributed by atoms with Gasteiger partial charge in [-0.25, -0.2) is 0 Å². The molecule has 2 aromatic rings. The summed E-state index contributed by atoms with van der Waals surface area (Å²) in [6.45, 7) is 0. The van der Waals surface area contributed by atoms with Crippen molar-refractivity contribution >= 4 is 17.4 Å². The minimum absolute atomic E-state index is 0.00861. The summed E-state index contributed by atoms with van der Waals surface area (Å²) in [6, 6.07) is 12.9. The van der Waals surface area contributed by atoms with Gasteiger partial charge in [0.2, 0.25) is 0 Å². The summed E-state index contributed by atoms with van der Waals surface area (Å²) in [5.41, 5.74) is 9.81. The van der Waals surface area contributed by atoms with Gasteiger partial charge < -0.3 is 5.73 Å². The molecule has 2 nitrogen and oxygen atoms in total. The summed E-state index contributed by atoms with van der Waals surface area (Å²) in [6.07, 6.45) is 0.296. The number of hydrogen-bond donors (Lipinski definition) is 1. The Kier molecular flexibility index (Phi) is 2.69. The molecule has 0 heterocycles. The maximum absolute atomic E-state index is 12.1. The van der Waals surface area contributed by atoms with Gasteiger partial charge in [0.05, 0.1) is 6.04 Å². The lowest BCUT2D eigenvalue weighted by Gasteiger charge is -2.11. The highest BCUT2D eigenvalue weighted by Gasteiger charge is 2.26. The van der Waals surface area contributed by atoms with E-state index in [4.69, 9.17) is 17.3 Å². The smallest absolute Gasteiger partial charge is 0.158 e. The van der Waals surface area contributed by atoms with Crippen LogP contribution in [0.5, 0.6) is 0 Å². The minimum Gasteiger partial charge on any atom is -0.318 e. The largest absolute Gasteiger partial charge is 0.318 e. The zero-order valence-electron chi connectivity index (χ0n) is 9.69. The predicted octanol–water partition coefficient (Wildman–Crippen LogP) is 3.13. The number of halogens is 1. The summed E-state index contributed by atoms with van der Waals surface area (Å²) in [7, 11) is 0. The van der Waals surface area contributed by atoms with Crippen molar-refractivity contribution in [3.8, 4) is 11.1 Å². The molecule has 1 atom stereocenters. The molecule has 2 N–H and O–H groups in total. The van der Waals surface area contributed by atoms with Crippen LogP contribution in [-0.4, -0.2) is 5.78 Å². The topological polar surface area (TPSA) is 43.1 Å². The lowest BCUT2D eigenvalue weighted by Crippen LogP contribution is -2.22. The molecular formula is C15H12ClNO. The zero-order chi connectivity index (χ0) is 12.7. The van der Waals surface area contributed by atoms with Crippen LogP contribution in [0.25, 0.3) is 11.1 Å². The molecule has 0 aromatic heterocycles. The van der Waals surface area contributed by atoms with Gasteiger partial charge in [0.1, 0.15) is 0 Å². The fourth-order valence-corrected chi connectivity index (χ4v) is 2.70. The molecule has 0 fully saturated rings. The molecule has 0 saturated carbocycles. The summed E-state index contributed by atoms with van der Waals surface area (Å²) >= 11 is 6.20. The van der Waals surface area contributed by atoms with Gasteiger partial charge in [-0.1, -0.05) is 48.0 Å². The van der Waals surface area contributed by atoms with Crippen molar-refractivity contribution in [2.45, 2.75) is 12.5 Å². The third kappa shape index (κ3) is 1.65. The average molecular weight is 258 g/mol. The Morgan fingerprint density at radius 1 is 1.06 bits per heavy atom. The van der Waals surface area contributed by atoms with Gasteiger partial charge in [-0.05, 0) is 28.3 Å². The third-order valence-electron chi connectivity index (χ3n) is 3.40. The number of fused-ring (bicyclic) bond motifs is 3. The number of ketones is 1. The maximum atomic E-state index is 12.1. The van der Waals surface area contributed by atoms with Crippen molar-refractivity contribution in [3.63, 3.8) is 0 Å². The van der Waals surface area contributed by atoms with E-state index in [9.17, 15) is 4.79 Å². The van der Waals surface area contributed by atoms with Crippen LogP contribution in [-0.2, 0) is 11.2 Å². The molecule has 0 aliphatic heterocycles. The molecule has 90 valence electrons. The summed E-state index contributed by atoms with van der Waals surface area (Å²) in [4.78, 5) is 12.1. The second-order valence-electron chi connectivity index (χ2n) is 4.47. The van der Waals surface area contributed by atoms with E-state index in [1.165, 1.54) is 0 Å². The Morgan fingerprint density at radius 2 is 1.78 bits per heavy atom. The molecule has 0 spiro atoms. The average Bonchev–Trinajstić information content (AvgIpc) is 2.49. The third-order valence-corrected chi connectivity index (χ3v) is 3.76. The molecule has 3 rings (SSSR count). The second-order valence-corrected chi connectivity index (χ2v) is 4.88. The predicted molar refractivity (Wildman–Crippen MR) is 72.5 cm³/mol. The maximum Gasteiger partial charge on any atom is 0.158 e. The van der Waals surface area contributed by atoms with Gasteiger partial charge in [0.25, 0.3) is 0 Å². The van der Waals surface area contributed by atoms with E-state index in [0.29, 0.717) is 11.4 Å². The van der Waals surface area contributed by atoms with E-state index in [-0.39, 0.29) is 5.78 Å². The zero-order valence-corrected chi connectivity index (χ0v) is 10.4. The van der Waals surface area contributed by atoms with Crippen LogP contribution in [0.3, 0.4) is 0 Å². The van der Waals surface area contributed by atoms with Crippen LogP contribution >= 0.6 is 11.6 Å². The van der Waals surface area contributed by atoms with E-state index in [2.05, 4.69) is 0 Å². The summed E-state index contributed by atoms with van der Waals surface area (Å²) in [5, 5.41) is 0.629.